The highest BCUT2D eigenvalue weighted by atomic mass is 35.5. The number of hydrogen-bond donors (Lipinski definition) is 1. The van der Waals surface area contributed by atoms with Gasteiger partial charge in [0.1, 0.15) is 23.3 Å². The summed E-state index contributed by atoms with van der Waals surface area (Å²) in [4.78, 5) is 26.0. The fourth-order valence-electron chi connectivity index (χ4n) is 7.68. The van der Waals surface area contributed by atoms with Crippen LogP contribution in [0.3, 0.4) is 0 Å². The molecule has 7 aromatic rings. The number of rotatable bonds is 8. The number of morpholine rings is 2. The van der Waals surface area contributed by atoms with E-state index in [1.165, 1.54) is 36.9 Å². The van der Waals surface area contributed by atoms with E-state index in [0.29, 0.717) is 103 Å². The third-order valence-electron chi connectivity index (χ3n) is 11.0. The molecule has 2 aliphatic heterocycles. The molecule has 0 radical (unpaired) electrons. The molecule has 0 aliphatic carbocycles. The van der Waals surface area contributed by atoms with Crippen LogP contribution in [-0.4, -0.2) is 107 Å². The lowest BCUT2D eigenvalue weighted by molar-refractivity contribution is 0.122. The highest BCUT2D eigenvalue weighted by molar-refractivity contribution is 7.91. The second-order valence-electron chi connectivity index (χ2n) is 15.7. The molecule has 5 aromatic heterocycles. The van der Waals surface area contributed by atoms with Crippen LogP contribution in [0.15, 0.2) is 83.2 Å². The van der Waals surface area contributed by atoms with Crippen molar-refractivity contribution in [2.75, 3.05) is 80.2 Å². The van der Waals surface area contributed by atoms with E-state index >= 15 is 4.39 Å². The summed E-state index contributed by atoms with van der Waals surface area (Å²) in [6, 6.07) is 8.62. The van der Waals surface area contributed by atoms with Gasteiger partial charge in [0, 0.05) is 98.9 Å². The maximum Gasteiger partial charge on any atom is 0.177 e. The van der Waals surface area contributed by atoms with Crippen molar-refractivity contribution in [2.45, 2.75) is 23.6 Å². The van der Waals surface area contributed by atoms with Gasteiger partial charge in [-0.05, 0) is 43.2 Å². The molecule has 9 rings (SSSR count). The minimum Gasteiger partial charge on any atom is -0.378 e. The summed E-state index contributed by atoms with van der Waals surface area (Å²) in [6.07, 6.45) is 9.35. The smallest absolute Gasteiger partial charge is 0.177 e. The topological polar surface area (TPSA) is 170 Å². The molecule has 0 unspecified atom stereocenters. The van der Waals surface area contributed by atoms with Crippen LogP contribution in [0.5, 0.6) is 0 Å². The maximum absolute atomic E-state index is 15.5. The molecule has 2 fully saturated rings. The Kier molecular flexibility index (Phi) is 13.1. The Balaban J connectivity index is 0.000000209. The highest BCUT2D eigenvalue weighted by Gasteiger charge is 2.25. The van der Waals surface area contributed by atoms with Crippen LogP contribution in [0.1, 0.15) is 11.1 Å². The monoisotopic (exact) mass is 964 g/mol. The van der Waals surface area contributed by atoms with Crippen molar-refractivity contribution in [2.24, 2.45) is 0 Å². The Hall–Kier alpha value is -6.06. The van der Waals surface area contributed by atoms with Crippen LogP contribution in [0.2, 0.25) is 5.02 Å². The lowest BCUT2D eigenvalue weighted by atomic mass is 10.0. The zero-order valence-corrected chi connectivity index (χ0v) is 38.3. The molecule has 1 N–H and O–H groups in total. The molecule has 2 aliphatic rings. The van der Waals surface area contributed by atoms with Gasteiger partial charge < -0.3 is 24.6 Å². The lowest BCUT2D eigenvalue weighted by Crippen LogP contribution is -2.38. The summed E-state index contributed by atoms with van der Waals surface area (Å²) in [5, 5.41) is 3.65. The standard InChI is InChI=1S/C29H30F2N6O4S.C16H11ClF2N2O2S/c1-18-27(19-11-22(17-32-15-19)42(2,38)39)34-24-13-20(30)12-23(31)26(24)28(18)35-25-14-21(36-3-7-40-8-4-36)16-33-29(25)37-5-9-41-10-6-37;1-8-15(17)14-12(19)4-10(18)5-13(14)21-16(8)9-3-11(7-20-6-9)24(2,22)23/h11-17H,3-10H2,1-2H3,(H,34,35);3-7H,1-2H3. The van der Waals surface area contributed by atoms with Crippen LogP contribution < -0.4 is 15.1 Å². The third kappa shape index (κ3) is 9.73. The Bertz CT molecular complexity index is 3270. The number of ether oxygens (including phenoxy) is 2. The molecule has 2 saturated heterocycles. The Morgan fingerprint density at radius 1 is 0.621 bits per heavy atom. The first kappa shape index (κ1) is 46.5. The lowest BCUT2D eigenvalue weighted by Gasteiger charge is -2.32. The number of aromatic nitrogens is 5. The molecule has 21 heteroatoms. The fourth-order valence-corrected chi connectivity index (χ4v) is 9.15. The molecule has 0 spiro atoms. The minimum absolute atomic E-state index is 0.0123. The van der Waals surface area contributed by atoms with Crippen molar-refractivity contribution < 1.29 is 43.9 Å². The number of sulfone groups is 2. The second kappa shape index (κ2) is 18.7. The van der Waals surface area contributed by atoms with E-state index in [9.17, 15) is 30.0 Å². The molecule has 0 amide bonds. The Labute approximate surface area is 382 Å². The molecule has 7 heterocycles. The molecule has 344 valence electrons. The number of nitrogens with zero attached hydrogens (tertiary/aromatic N) is 7. The van der Waals surface area contributed by atoms with Gasteiger partial charge in [0.05, 0.1) is 97.7 Å². The van der Waals surface area contributed by atoms with Crippen molar-refractivity contribution in [3.63, 3.8) is 0 Å². The van der Waals surface area contributed by atoms with Crippen LogP contribution in [0.4, 0.5) is 40.4 Å². The first-order valence-electron chi connectivity index (χ1n) is 20.3. The van der Waals surface area contributed by atoms with Crippen molar-refractivity contribution in [1.82, 2.24) is 24.9 Å². The van der Waals surface area contributed by atoms with E-state index in [-0.39, 0.29) is 36.6 Å². The molecule has 0 saturated carbocycles. The van der Waals surface area contributed by atoms with E-state index in [0.717, 1.165) is 42.5 Å². The number of nitrogens with one attached hydrogen (secondary N) is 1. The quantitative estimate of drug-likeness (QED) is 0.145. The highest BCUT2D eigenvalue weighted by Crippen LogP contribution is 2.40. The van der Waals surface area contributed by atoms with Gasteiger partial charge in [-0.15, -0.1) is 0 Å². The van der Waals surface area contributed by atoms with E-state index in [4.69, 9.17) is 26.1 Å². The summed E-state index contributed by atoms with van der Waals surface area (Å²) in [5.41, 5.74) is 4.43. The second-order valence-corrected chi connectivity index (χ2v) is 20.1. The number of benzene rings is 2. The van der Waals surface area contributed by atoms with Gasteiger partial charge in [-0.3, -0.25) is 9.97 Å². The molecular formula is C45H41ClF4N8O6S2. The van der Waals surface area contributed by atoms with Crippen molar-refractivity contribution in [3.8, 4) is 22.5 Å². The van der Waals surface area contributed by atoms with E-state index in [1.54, 1.807) is 13.8 Å². The zero-order chi connectivity index (χ0) is 47.1. The Morgan fingerprint density at radius 3 is 1.64 bits per heavy atom. The molecule has 66 heavy (non-hydrogen) atoms. The zero-order valence-electron chi connectivity index (χ0n) is 35.9. The largest absolute Gasteiger partial charge is 0.378 e. The van der Waals surface area contributed by atoms with Gasteiger partial charge >= 0.3 is 0 Å². The molecule has 14 nitrogen and oxygen atoms in total. The van der Waals surface area contributed by atoms with E-state index < -0.39 is 42.9 Å². The number of fused-ring (bicyclic) bond motifs is 2. The minimum atomic E-state index is -3.56. The van der Waals surface area contributed by atoms with Gasteiger partial charge in [-0.2, -0.15) is 0 Å². The van der Waals surface area contributed by atoms with Gasteiger partial charge in [-0.1, -0.05) is 11.6 Å². The number of halogens is 5. The molecule has 2 aromatic carbocycles. The summed E-state index contributed by atoms with van der Waals surface area (Å²) >= 11 is 6.23. The molecule has 0 atom stereocenters. The van der Waals surface area contributed by atoms with Crippen LogP contribution in [0, 0.1) is 37.1 Å². The molecular weight excluding hydrogens is 924 g/mol. The first-order chi connectivity index (χ1) is 31.4. The van der Waals surface area contributed by atoms with Gasteiger partial charge in [0.2, 0.25) is 0 Å². The SMILES string of the molecule is Cc1c(-c2cncc(S(C)(=O)=O)c2)nc2cc(F)cc(F)c2c1Cl.Cc1c(-c2cncc(S(C)(=O)=O)c2)nc2cc(F)cc(F)c2c1Nc1cc(N2CCOCC2)cnc1N1CCOCC1. The van der Waals surface area contributed by atoms with Gasteiger partial charge in [-0.25, -0.2) is 49.3 Å². The number of pyridine rings is 5. The third-order valence-corrected chi connectivity index (χ3v) is 13.7. The fraction of sp³-hybridized carbons (Fsp3) is 0.267. The van der Waals surface area contributed by atoms with Gasteiger partial charge in [0.15, 0.2) is 25.5 Å². The molecule has 0 bridgehead atoms. The summed E-state index contributed by atoms with van der Waals surface area (Å²) < 4.78 is 116. The maximum atomic E-state index is 15.5. The average molecular weight is 965 g/mol. The average Bonchev–Trinajstić information content (AvgIpc) is 3.28. The van der Waals surface area contributed by atoms with Crippen LogP contribution in [-0.2, 0) is 29.1 Å². The van der Waals surface area contributed by atoms with Crippen LogP contribution >= 0.6 is 11.6 Å². The van der Waals surface area contributed by atoms with Crippen LogP contribution in [0.25, 0.3) is 44.3 Å². The predicted octanol–water partition coefficient (Wildman–Crippen LogP) is 8.04. The summed E-state index contributed by atoms with van der Waals surface area (Å²) in [7, 11) is -7.01. The normalized spacial score (nSPS) is 14.6. The summed E-state index contributed by atoms with van der Waals surface area (Å²) in [5.74, 6) is -2.46. The predicted molar refractivity (Wildman–Crippen MR) is 244 cm³/mol. The summed E-state index contributed by atoms with van der Waals surface area (Å²) in [6.45, 7) is 8.34. The van der Waals surface area contributed by atoms with E-state index in [1.807, 2.05) is 12.3 Å². The van der Waals surface area contributed by atoms with Crippen molar-refractivity contribution in [3.05, 3.63) is 113 Å². The number of anilines is 4. The Morgan fingerprint density at radius 2 is 1.11 bits per heavy atom. The van der Waals surface area contributed by atoms with Crippen molar-refractivity contribution in [1.29, 1.82) is 0 Å². The van der Waals surface area contributed by atoms with Crippen molar-refractivity contribution >= 4 is 76.0 Å². The first-order valence-corrected chi connectivity index (χ1v) is 24.5. The van der Waals surface area contributed by atoms with E-state index in [2.05, 4.69) is 35.1 Å². The number of hydrogen-bond acceptors (Lipinski definition) is 14. The van der Waals surface area contributed by atoms with Gasteiger partial charge in [0.25, 0.3) is 0 Å².